The minimum atomic E-state index is -0.979. The highest BCUT2D eigenvalue weighted by molar-refractivity contribution is 6.22. The smallest absolute Gasteiger partial charge is 0.338 e. The normalized spacial score (nSPS) is 15.0. The average molecular weight is 487 g/mol. The summed E-state index contributed by atoms with van der Waals surface area (Å²) in [7, 11) is 0. The number of carbonyl (C=O) groups is 5. The van der Waals surface area contributed by atoms with E-state index in [0.717, 1.165) is 4.90 Å². The number of carbonyl (C=O) groups excluding carboxylic acids is 5. The number of ether oxygens (including phenoxy) is 1. The van der Waals surface area contributed by atoms with E-state index >= 15 is 0 Å². The SMILES string of the molecule is O=C(COC(=O)c1ccc(N2C(=O)CC(NNC(=O)c3ccc(O)cc3)C2=O)cc1)c1ccccc1. The highest BCUT2D eigenvalue weighted by Gasteiger charge is 2.39. The molecule has 1 fully saturated rings. The number of phenols is 1. The summed E-state index contributed by atoms with van der Waals surface area (Å²) in [5.41, 5.74) is 6.02. The molecule has 1 unspecified atom stereocenters. The quantitative estimate of drug-likeness (QED) is 0.190. The summed E-state index contributed by atoms with van der Waals surface area (Å²) < 4.78 is 5.07. The molecule has 1 aliphatic heterocycles. The van der Waals surface area contributed by atoms with E-state index in [9.17, 15) is 29.1 Å². The fraction of sp³-hybridized carbons (Fsp3) is 0.115. The first kappa shape index (κ1) is 24.3. The van der Waals surface area contributed by atoms with E-state index in [1.807, 2.05) is 0 Å². The van der Waals surface area contributed by atoms with Crippen molar-refractivity contribution < 1.29 is 33.8 Å². The van der Waals surface area contributed by atoms with Crippen LogP contribution in [0.4, 0.5) is 5.69 Å². The number of benzene rings is 3. The van der Waals surface area contributed by atoms with Crippen LogP contribution in [0.3, 0.4) is 0 Å². The molecule has 0 spiro atoms. The van der Waals surface area contributed by atoms with Crippen LogP contribution in [-0.4, -0.2) is 47.2 Å². The lowest BCUT2D eigenvalue weighted by atomic mass is 10.1. The van der Waals surface area contributed by atoms with E-state index in [2.05, 4.69) is 10.9 Å². The second-order valence-corrected chi connectivity index (χ2v) is 7.88. The van der Waals surface area contributed by atoms with Crippen molar-refractivity contribution in [2.75, 3.05) is 11.5 Å². The van der Waals surface area contributed by atoms with Crippen LogP contribution in [0.5, 0.6) is 5.75 Å². The third-order valence-corrected chi connectivity index (χ3v) is 5.43. The van der Waals surface area contributed by atoms with Gasteiger partial charge in [0.1, 0.15) is 11.8 Å². The molecule has 0 radical (unpaired) electrons. The molecule has 3 aromatic carbocycles. The standard InChI is InChI=1S/C26H21N3O7/c30-20-12-8-17(9-13-20)24(33)28-27-21-14-23(32)29(25(21)34)19-10-6-18(7-11-19)26(35)36-15-22(31)16-4-2-1-3-5-16/h1-13,21,27,30H,14-15H2,(H,28,33). The van der Waals surface area contributed by atoms with Gasteiger partial charge in [-0.3, -0.25) is 24.6 Å². The van der Waals surface area contributed by atoms with Crippen LogP contribution in [0.1, 0.15) is 37.5 Å². The topological polar surface area (TPSA) is 142 Å². The lowest BCUT2D eigenvalue weighted by molar-refractivity contribution is -0.121. The van der Waals surface area contributed by atoms with Crippen molar-refractivity contribution >= 4 is 35.2 Å². The average Bonchev–Trinajstić information content (AvgIpc) is 3.19. The number of aromatic hydroxyl groups is 1. The fourth-order valence-corrected chi connectivity index (χ4v) is 3.52. The van der Waals surface area contributed by atoms with Gasteiger partial charge < -0.3 is 9.84 Å². The third kappa shape index (κ3) is 5.45. The number of phenolic OH excluding ortho intramolecular Hbond substituents is 1. The van der Waals surface area contributed by atoms with Gasteiger partial charge in [0, 0.05) is 11.1 Å². The lowest BCUT2D eigenvalue weighted by Crippen LogP contribution is -2.48. The summed E-state index contributed by atoms with van der Waals surface area (Å²) in [5, 5.41) is 9.31. The lowest BCUT2D eigenvalue weighted by Gasteiger charge is -2.16. The van der Waals surface area contributed by atoms with Gasteiger partial charge in [-0.1, -0.05) is 30.3 Å². The molecule has 1 atom stereocenters. The van der Waals surface area contributed by atoms with Crippen molar-refractivity contribution in [3.63, 3.8) is 0 Å². The molecular formula is C26H21N3O7. The van der Waals surface area contributed by atoms with Gasteiger partial charge in [0.15, 0.2) is 12.4 Å². The van der Waals surface area contributed by atoms with Crippen LogP contribution < -0.4 is 15.8 Å². The molecule has 1 heterocycles. The highest BCUT2D eigenvalue weighted by atomic mass is 16.5. The molecule has 10 heteroatoms. The summed E-state index contributed by atoms with van der Waals surface area (Å²) in [6.07, 6.45) is -0.180. The first-order chi connectivity index (χ1) is 17.3. The molecule has 3 amide bonds. The number of nitrogens with one attached hydrogen (secondary N) is 2. The van der Waals surface area contributed by atoms with Crippen molar-refractivity contribution in [1.29, 1.82) is 0 Å². The van der Waals surface area contributed by atoms with Crippen molar-refractivity contribution in [2.24, 2.45) is 0 Å². The number of rotatable bonds is 8. The maximum Gasteiger partial charge on any atom is 0.338 e. The molecule has 0 saturated carbocycles. The first-order valence-electron chi connectivity index (χ1n) is 10.9. The van der Waals surface area contributed by atoms with Crippen molar-refractivity contribution in [3.8, 4) is 5.75 Å². The Balaban J connectivity index is 1.33. The number of imide groups is 1. The summed E-state index contributed by atoms with van der Waals surface area (Å²) in [6.45, 7) is -0.420. The van der Waals surface area contributed by atoms with Crippen molar-refractivity contribution in [1.82, 2.24) is 10.9 Å². The van der Waals surface area contributed by atoms with Crippen LogP contribution >= 0.6 is 0 Å². The summed E-state index contributed by atoms with van der Waals surface area (Å²) in [6, 6.07) is 18.6. The number of hydrogen-bond acceptors (Lipinski definition) is 8. The van der Waals surface area contributed by atoms with Gasteiger partial charge in [-0.2, -0.15) is 0 Å². The number of hydrazine groups is 1. The predicted octanol–water partition coefficient (Wildman–Crippen LogP) is 2.00. The molecule has 36 heavy (non-hydrogen) atoms. The molecule has 1 saturated heterocycles. The van der Waals surface area contributed by atoms with Gasteiger partial charge in [0.05, 0.1) is 17.7 Å². The summed E-state index contributed by atoms with van der Waals surface area (Å²) in [4.78, 5) is 62.8. The Bertz CT molecular complexity index is 1310. The van der Waals surface area contributed by atoms with E-state index in [4.69, 9.17) is 4.74 Å². The molecule has 0 bridgehead atoms. The minimum absolute atomic E-state index is 0.00618. The van der Waals surface area contributed by atoms with E-state index in [-0.39, 0.29) is 34.8 Å². The zero-order chi connectivity index (χ0) is 25.7. The van der Waals surface area contributed by atoms with Gasteiger partial charge in [-0.05, 0) is 48.5 Å². The van der Waals surface area contributed by atoms with Gasteiger partial charge >= 0.3 is 5.97 Å². The monoisotopic (exact) mass is 487 g/mol. The van der Waals surface area contributed by atoms with Crippen molar-refractivity contribution in [2.45, 2.75) is 12.5 Å². The van der Waals surface area contributed by atoms with Crippen LogP contribution in [0, 0.1) is 0 Å². The third-order valence-electron chi connectivity index (χ3n) is 5.43. The summed E-state index contributed by atoms with van der Waals surface area (Å²) >= 11 is 0. The number of esters is 1. The first-order valence-corrected chi connectivity index (χ1v) is 10.9. The number of ketones is 1. The molecule has 0 aliphatic carbocycles. The number of anilines is 1. The molecule has 1 aliphatic rings. The van der Waals surface area contributed by atoms with E-state index in [0.29, 0.717) is 5.56 Å². The zero-order valence-corrected chi connectivity index (χ0v) is 18.8. The molecule has 182 valence electrons. The maximum absolute atomic E-state index is 12.8. The number of nitrogens with zero attached hydrogens (tertiary/aromatic N) is 1. The van der Waals surface area contributed by atoms with Crippen molar-refractivity contribution in [3.05, 3.63) is 95.6 Å². The Hall–Kier alpha value is -4.83. The minimum Gasteiger partial charge on any atom is -0.508 e. The highest BCUT2D eigenvalue weighted by Crippen LogP contribution is 2.23. The molecular weight excluding hydrogens is 466 g/mol. The molecule has 4 rings (SSSR count). The van der Waals surface area contributed by atoms with Crippen LogP contribution in [-0.2, 0) is 14.3 Å². The van der Waals surface area contributed by atoms with Crippen LogP contribution in [0.25, 0.3) is 0 Å². The van der Waals surface area contributed by atoms with Gasteiger partial charge in [0.2, 0.25) is 5.91 Å². The Labute approximate surface area is 205 Å². The molecule has 3 N–H and O–H groups in total. The van der Waals surface area contributed by atoms with E-state index in [1.54, 1.807) is 30.3 Å². The van der Waals surface area contributed by atoms with Gasteiger partial charge in [0.25, 0.3) is 11.8 Å². The molecule has 0 aromatic heterocycles. The Morgan fingerprint density at radius 2 is 1.50 bits per heavy atom. The summed E-state index contributed by atoms with van der Waals surface area (Å²) in [5.74, 6) is -2.66. The van der Waals surface area contributed by atoms with E-state index in [1.165, 1.54) is 48.5 Å². The second-order valence-electron chi connectivity index (χ2n) is 7.88. The predicted molar refractivity (Wildman–Crippen MR) is 127 cm³/mol. The number of Topliss-reactive ketones (excluding diaryl/α,β-unsaturated/α-hetero) is 1. The largest absolute Gasteiger partial charge is 0.508 e. The van der Waals surface area contributed by atoms with Gasteiger partial charge in [-0.15, -0.1) is 0 Å². The fourth-order valence-electron chi connectivity index (χ4n) is 3.52. The Kier molecular flexibility index (Phi) is 7.17. The second kappa shape index (κ2) is 10.6. The van der Waals surface area contributed by atoms with Crippen LogP contribution in [0.2, 0.25) is 0 Å². The Morgan fingerprint density at radius 3 is 2.17 bits per heavy atom. The Morgan fingerprint density at radius 1 is 0.861 bits per heavy atom. The zero-order valence-electron chi connectivity index (χ0n) is 18.8. The van der Waals surface area contributed by atoms with Gasteiger partial charge in [-0.25, -0.2) is 15.1 Å². The van der Waals surface area contributed by atoms with E-state index < -0.39 is 36.3 Å². The molecule has 10 nitrogen and oxygen atoms in total. The maximum atomic E-state index is 12.8. The number of amides is 3. The van der Waals surface area contributed by atoms with Crippen LogP contribution in [0.15, 0.2) is 78.9 Å². The number of hydrogen-bond donors (Lipinski definition) is 3. The molecule has 3 aromatic rings.